The second-order valence-corrected chi connectivity index (χ2v) is 7.91. The fourth-order valence-electron chi connectivity index (χ4n) is 4.44. The average molecular weight is 428 g/mol. The molecular weight excluding hydrogens is 404 g/mol. The Morgan fingerprint density at radius 2 is 1.81 bits per heavy atom. The van der Waals surface area contributed by atoms with Gasteiger partial charge in [-0.2, -0.15) is 0 Å². The van der Waals surface area contributed by atoms with Gasteiger partial charge in [-0.1, -0.05) is 60.7 Å². The molecule has 0 aliphatic carbocycles. The molecule has 6 nitrogen and oxygen atoms in total. The third kappa shape index (κ3) is 3.59. The van der Waals surface area contributed by atoms with Crippen LogP contribution in [0.1, 0.15) is 28.4 Å². The Labute approximate surface area is 185 Å². The SMILES string of the molecule is COc1cccc(C2NC(C(=O)O)Cc3c2[nH]c2ccccc32)c1OCc1ccccc1. The minimum Gasteiger partial charge on any atom is -0.493 e. The molecule has 3 aromatic carbocycles. The van der Waals surface area contributed by atoms with Gasteiger partial charge < -0.3 is 19.6 Å². The summed E-state index contributed by atoms with van der Waals surface area (Å²) in [5, 5.41) is 14.2. The molecule has 2 unspecified atom stereocenters. The Morgan fingerprint density at radius 1 is 1.03 bits per heavy atom. The Bertz CT molecular complexity index is 1270. The maximum atomic E-state index is 12.0. The van der Waals surface area contributed by atoms with E-state index in [-0.39, 0.29) is 6.04 Å². The highest BCUT2D eigenvalue weighted by Gasteiger charge is 2.35. The lowest BCUT2D eigenvalue weighted by Crippen LogP contribution is -2.45. The van der Waals surface area contributed by atoms with E-state index in [0.717, 1.165) is 33.3 Å². The third-order valence-electron chi connectivity index (χ3n) is 5.98. The van der Waals surface area contributed by atoms with E-state index in [1.165, 1.54) is 0 Å². The zero-order valence-corrected chi connectivity index (χ0v) is 17.7. The number of aromatic nitrogens is 1. The zero-order valence-electron chi connectivity index (χ0n) is 17.7. The van der Waals surface area contributed by atoms with Crippen LogP contribution in [0, 0.1) is 0 Å². The van der Waals surface area contributed by atoms with E-state index < -0.39 is 12.0 Å². The summed E-state index contributed by atoms with van der Waals surface area (Å²) in [6.07, 6.45) is 0.412. The van der Waals surface area contributed by atoms with Crippen molar-refractivity contribution in [3.63, 3.8) is 0 Å². The molecule has 5 rings (SSSR count). The molecule has 0 saturated heterocycles. The number of para-hydroxylation sites is 2. The monoisotopic (exact) mass is 428 g/mol. The van der Waals surface area contributed by atoms with Crippen LogP contribution < -0.4 is 14.8 Å². The van der Waals surface area contributed by atoms with Crippen molar-refractivity contribution in [2.75, 3.05) is 7.11 Å². The predicted molar refractivity (Wildman–Crippen MR) is 122 cm³/mol. The van der Waals surface area contributed by atoms with Crippen LogP contribution in [-0.4, -0.2) is 29.2 Å². The number of carboxylic acid groups (broad SMARTS) is 1. The van der Waals surface area contributed by atoms with Gasteiger partial charge in [0.15, 0.2) is 11.5 Å². The van der Waals surface area contributed by atoms with E-state index in [0.29, 0.717) is 24.5 Å². The van der Waals surface area contributed by atoms with Gasteiger partial charge in [-0.3, -0.25) is 10.1 Å². The van der Waals surface area contributed by atoms with Crippen molar-refractivity contribution in [1.82, 2.24) is 10.3 Å². The van der Waals surface area contributed by atoms with Crippen LogP contribution in [0.3, 0.4) is 0 Å². The van der Waals surface area contributed by atoms with E-state index in [9.17, 15) is 9.90 Å². The summed E-state index contributed by atoms with van der Waals surface area (Å²) < 4.78 is 11.9. The quantitative estimate of drug-likeness (QED) is 0.423. The number of ether oxygens (including phenoxy) is 2. The zero-order chi connectivity index (χ0) is 22.1. The summed E-state index contributed by atoms with van der Waals surface area (Å²) in [6, 6.07) is 22.5. The number of H-pyrrole nitrogens is 1. The smallest absolute Gasteiger partial charge is 0.321 e. The highest BCUT2D eigenvalue weighted by molar-refractivity contribution is 5.87. The minimum atomic E-state index is -0.874. The second kappa shape index (κ2) is 8.40. The van der Waals surface area contributed by atoms with E-state index in [1.807, 2.05) is 72.8 Å². The number of fused-ring (bicyclic) bond motifs is 3. The lowest BCUT2D eigenvalue weighted by Gasteiger charge is -2.31. The first-order valence-electron chi connectivity index (χ1n) is 10.6. The predicted octanol–water partition coefficient (Wildman–Crippen LogP) is 4.44. The first kappa shape index (κ1) is 20.2. The van der Waals surface area contributed by atoms with Crippen LogP contribution in [0.2, 0.25) is 0 Å². The van der Waals surface area contributed by atoms with E-state index in [4.69, 9.17) is 9.47 Å². The standard InChI is InChI=1S/C26H24N2O4/c1-31-22-13-7-11-18(25(22)32-15-16-8-3-2-4-9-16)23-24-19(14-21(28-23)26(29)30)17-10-5-6-12-20(17)27-24/h2-13,21,23,27-28H,14-15H2,1H3,(H,29,30). The number of methoxy groups -OCH3 is 1. The lowest BCUT2D eigenvalue weighted by molar-refractivity contribution is -0.139. The number of carbonyl (C=O) groups is 1. The van der Waals surface area contributed by atoms with E-state index in [1.54, 1.807) is 7.11 Å². The van der Waals surface area contributed by atoms with Gasteiger partial charge in [-0.15, -0.1) is 0 Å². The molecule has 3 N–H and O–H groups in total. The molecule has 0 saturated carbocycles. The number of nitrogens with one attached hydrogen (secondary N) is 2. The topological polar surface area (TPSA) is 83.6 Å². The van der Waals surface area contributed by atoms with E-state index >= 15 is 0 Å². The molecule has 4 aromatic rings. The third-order valence-corrected chi connectivity index (χ3v) is 5.98. The fourth-order valence-corrected chi connectivity index (χ4v) is 4.44. The van der Waals surface area contributed by atoms with Gasteiger partial charge in [0.05, 0.1) is 13.2 Å². The van der Waals surface area contributed by atoms with Gasteiger partial charge in [-0.25, -0.2) is 0 Å². The minimum absolute atomic E-state index is 0.378. The first-order valence-corrected chi connectivity index (χ1v) is 10.6. The van der Waals surface area contributed by atoms with Crippen LogP contribution in [-0.2, 0) is 17.8 Å². The van der Waals surface area contributed by atoms with Crippen LogP contribution >= 0.6 is 0 Å². The maximum absolute atomic E-state index is 12.0. The summed E-state index contributed by atoms with van der Waals surface area (Å²) in [5.41, 5.74) is 4.84. The highest BCUT2D eigenvalue weighted by atomic mass is 16.5. The van der Waals surface area contributed by atoms with Gasteiger partial charge in [-0.05, 0) is 23.3 Å². The number of carboxylic acids is 1. The summed E-state index contributed by atoms with van der Waals surface area (Å²) in [4.78, 5) is 15.5. The van der Waals surface area contributed by atoms with Gasteiger partial charge in [0, 0.05) is 28.6 Å². The molecular formula is C26H24N2O4. The summed E-state index contributed by atoms with van der Waals surface area (Å²) in [7, 11) is 1.61. The highest BCUT2D eigenvalue weighted by Crippen LogP contribution is 2.42. The van der Waals surface area contributed by atoms with Crippen molar-refractivity contribution in [2.24, 2.45) is 0 Å². The largest absolute Gasteiger partial charge is 0.493 e. The van der Waals surface area contributed by atoms with Gasteiger partial charge in [0.1, 0.15) is 12.6 Å². The first-order chi connectivity index (χ1) is 15.7. The molecule has 0 fully saturated rings. The van der Waals surface area contributed by atoms with Crippen LogP contribution in [0.4, 0.5) is 0 Å². The molecule has 6 heteroatoms. The molecule has 32 heavy (non-hydrogen) atoms. The van der Waals surface area contributed by atoms with Crippen molar-refractivity contribution in [1.29, 1.82) is 0 Å². The second-order valence-electron chi connectivity index (χ2n) is 7.91. The summed E-state index contributed by atoms with van der Waals surface area (Å²) in [6.45, 7) is 0.378. The Morgan fingerprint density at radius 3 is 2.59 bits per heavy atom. The van der Waals surface area contributed by atoms with Crippen molar-refractivity contribution in [2.45, 2.75) is 25.1 Å². The van der Waals surface area contributed by atoms with Crippen LogP contribution in [0.15, 0.2) is 72.8 Å². The molecule has 0 bridgehead atoms. The van der Waals surface area contributed by atoms with Crippen molar-refractivity contribution in [3.05, 3.63) is 95.2 Å². The van der Waals surface area contributed by atoms with Crippen LogP contribution in [0.25, 0.3) is 10.9 Å². The molecule has 0 spiro atoms. The molecule has 1 aliphatic rings. The maximum Gasteiger partial charge on any atom is 0.321 e. The number of rotatable bonds is 6. The Hall–Kier alpha value is -3.77. The molecule has 162 valence electrons. The van der Waals surface area contributed by atoms with Gasteiger partial charge in [0.2, 0.25) is 0 Å². The lowest BCUT2D eigenvalue weighted by atomic mass is 9.90. The normalized spacial score (nSPS) is 17.7. The molecule has 1 aliphatic heterocycles. The van der Waals surface area contributed by atoms with E-state index in [2.05, 4.69) is 10.3 Å². The number of benzene rings is 3. The average Bonchev–Trinajstić information content (AvgIpc) is 3.21. The van der Waals surface area contributed by atoms with Gasteiger partial charge in [0.25, 0.3) is 0 Å². The molecule has 2 heterocycles. The molecule has 0 amide bonds. The molecule has 2 atom stereocenters. The fraction of sp³-hybridized carbons (Fsp3) is 0.192. The van der Waals surface area contributed by atoms with Crippen molar-refractivity contribution < 1.29 is 19.4 Å². The van der Waals surface area contributed by atoms with Crippen LogP contribution in [0.5, 0.6) is 11.5 Å². The van der Waals surface area contributed by atoms with Gasteiger partial charge >= 0.3 is 5.97 Å². The summed E-state index contributed by atoms with van der Waals surface area (Å²) in [5.74, 6) is 0.336. The number of hydrogen-bond acceptors (Lipinski definition) is 4. The molecule has 0 radical (unpaired) electrons. The number of aliphatic carboxylic acids is 1. The summed E-state index contributed by atoms with van der Waals surface area (Å²) >= 11 is 0. The molecule has 1 aromatic heterocycles. The Kier molecular flexibility index (Phi) is 5.29. The Balaban J connectivity index is 1.61. The van der Waals surface area contributed by atoms with Crippen molar-refractivity contribution in [3.8, 4) is 11.5 Å². The van der Waals surface area contributed by atoms with Crippen molar-refractivity contribution >= 4 is 16.9 Å². The number of hydrogen-bond donors (Lipinski definition) is 3. The number of aromatic amines is 1.